The first-order valence-corrected chi connectivity index (χ1v) is 12.4. The van der Waals surface area contributed by atoms with Crippen molar-refractivity contribution in [1.29, 1.82) is 0 Å². The zero-order valence-corrected chi connectivity index (χ0v) is 21.6. The molecule has 0 bridgehead atoms. The molecule has 2 aromatic heterocycles. The van der Waals surface area contributed by atoms with Gasteiger partial charge in [-0.25, -0.2) is 18.7 Å². The Hall–Kier alpha value is -3.80. The van der Waals surface area contributed by atoms with Crippen molar-refractivity contribution in [2.24, 2.45) is 5.92 Å². The second-order valence-electron chi connectivity index (χ2n) is 10.3. The molecule has 7 nitrogen and oxygen atoms in total. The molecule has 2 N–H and O–H groups in total. The Balaban J connectivity index is 0.00000118. The Kier molecular flexibility index (Phi) is 8.29. The third kappa shape index (κ3) is 6.85. The highest BCUT2D eigenvalue weighted by molar-refractivity contribution is 5.69. The first kappa shape index (κ1) is 29.2. The fraction of sp³-hybridized carbons (Fsp3) is 0.393. The van der Waals surface area contributed by atoms with Crippen LogP contribution in [0.2, 0.25) is 0 Å². The maximum Gasteiger partial charge on any atom is 0.417 e. The summed E-state index contributed by atoms with van der Waals surface area (Å²) < 4.78 is 81.4. The van der Waals surface area contributed by atoms with Crippen molar-refractivity contribution in [1.82, 2.24) is 9.97 Å². The average Bonchev–Trinajstić information content (AvgIpc) is 3.54. The molecule has 40 heavy (non-hydrogen) atoms. The number of aromatic nitrogens is 2. The third-order valence-corrected chi connectivity index (χ3v) is 6.74. The number of rotatable bonds is 8. The van der Waals surface area contributed by atoms with Crippen molar-refractivity contribution >= 4 is 6.47 Å². The highest BCUT2D eigenvalue weighted by Gasteiger charge is 2.45. The van der Waals surface area contributed by atoms with Crippen LogP contribution in [0, 0.1) is 17.6 Å². The molecule has 2 aliphatic rings. The fourth-order valence-corrected chi connectivity index (χ4v) is 4.64. The van der Waals surface area contributed by atoms with Gasteiger partial charge in [0.05, 0.1) is 17.8 Å². The van der Waals surface area contributed by atoms with Crippen molar-refractivity contribution < 1.29 is 46.4 Å². The number of pyridine rings is 2. The maximum atomic E-state index is 14.7. The van der Waals surface area contributed by atoms with E-state index < -0.39 is 40.4 Å². The summed E-state index contributed by atoms with van der Waals surface area (Å²) in [5.41, 5.74) is -0.756. The number of hydrogen-bond acceptors (Lipinski definition) is 6. The molecular weight excluding hydrogens is 539 g/mol. The molecule has 2 unspecified atom stereocenters. The molecule has 0 radical (unpaired) electrons. The molecule has 214 valence electrons. The van der Waals surface area contributed by atoms with Gasteiger partial charge in [-0.15, -0.1) is 0 Å². The number of hydrogen-bond donors (Lipinski definition) is 2. The SMILES string of the molecule is CC(C)(O)CCOc1ncc(-c2cc(COc3cc4c(cn3)C3CC3C4)c(F)cc2C(F)(F)F)cc1F.O=CO. The Bertz CT molecular complexity index is 1390. The van der Waals surface area contributed by atoms with Crippen molar-refractivity contribution in [3.8, 4) is 22.9 Å². The predicted octanol–water partition coefficient (Wildman–Crippen LogP) is 5.92. The second kappa shape index (κ2) is 11.4. The number of carbonyl (C=O) groups is 1. The normalized spacial score (nSPS) is 17.3. The Morgan fingerprint density at radius 1 is 1.05 bits per heavy atom. The number of aliphatic hydroxyl groups is 1. The Morgan fingerprint density at radius 3 is 2.42 bits per heavy atom. The van der Waals surface area contributed by atoms with Gasteiger partial charge < -0.3 is 19.7 Å². The molecule has 0 spiro atoms. The van der Waals surface area contributed by atoms with Crippen LogP contribution in [0.15, 0.2) is 36.7 Å². The minimum atomic E-state index is -4.89. The highest BCUT2D eigenvalue weighted by Crippen LogP contribution is 2.56. The standard InChI is InChI=1S/C27H25F5N2O3.CH2O2/c1-26(2,35)3-4-36-25-23(29)8-16(11-34-25)19-7-17(22(28)10-21(19)27(30,31)32)13-37-24-9-15-5-14-6-18(14)20(15)12-33-24;2-1-3/h7-12,14,18,35H,3-6,13H2,1-2H3;1H,(H,2,3). The van der Waals surface area contributed by atoms with E-state index in [4.69, 9.17) is 19.4 Å². The van der Waals surface area contributed by atoms with Crippen LogP contribution in [0.3, 0.4) is 0 Å². The van der Waals surface area contributed by atoms with Gasteiger partial charge in [0.25, 0.3) is 6.47 Å². The molecule has 0 amide bonds. The topological polar surface area (TPSA) is 102 Å². The van der Waals surface area contributed by atoms with Crippen LogP contribution in [0.25, 0.3) is 11.1 Å². The van der Waals surface area contributed by atoms with Gasteiger partial charge in [0.1, 0.15) is 12.4 Å². The van der Waals surface area contributed by atoms with E-state index in [1.807, 2.05) is 0 Å². The largest absolute Gasteiger partial charge is 0.483 e. The molecule has 0 aliphatic heterocycles. The zero-order valence-electron chi connectivity index (χ0n) is 21.6. The van der Waals surface area contributed by atoms with Gasteiger partial charge in [0, 0.05) is 36.0 Å². The summed E-state index contributed by atoms with van der Waals surface area (Å²) in [4.78, 5) is 16.4. The minimum absolute atomic E-state index is 0.0450. The summed E-state index contributed by atoms with van der Waals surface area (Å²) in [6.07, 6.45) is 0.178. The van der Waals surface area contributed by atoms with Gasteiger partial charge in [-0.05, 0) is 73.4 Å². The average molecular weight is 567 g/mol. The lowest BCUT2D eigenvalue weighted by molar-refractivity contribution is -0.137. The molecule has 2 aliphatic carbocycles. The summed E-state index contributed by atoms with van der Waals surface area (Å²) in [6.45, 7) is 2.46. The number of alkyl halides is 3. The molecule has 0 saturated heterocycles. The van der Waals surface area contributed by atoms with Gasteiger partial charge in [-0.1, -0.05) is 0 Å². The van der Waals surface area contributed by atoms with Gasteiger partial charge in [-0.3, -0.25) is 4.79 Å². The number of halogens is 5. The van der Waals surface area contributed by atoms with Crippen LogP contribution >= 0.6 is 0 Å². The first-order valence-electron chi connectivity index (χ1n) is 12.4. The van der Waals surface area contributed by atoms with E-state index in [2.05, 4.69) is 9.97 Å². The van der Waals surface area contributed by atoms with Crippen LogP contribution in [0.5, 0.6) is 11.8 Å². The molecular formula is C28H27F5N2O5. The maximum absolute atomic E-state index is 14.7. The van der Waals surface area contributed by atoms with Crippen LogP contribution in [0.1, 0.15) is 54.9 Å². The molecule has 12 heteroatoms. The quantitative estimate of drug-likeness (QED) is 0.258. The van der Waals surface area contributed by atoms with Crippen LogP contribution in [0.4, 0.5) is 22.0 Å². The van der Waals surface area contributed by atoms with Crippen molar-refractivity contribution in [3.63, 3.8) is 0 Å². The lowest BCUT2D eigenvalue weighted by Crippen LogP contribution is -2.22. The molecule has 1 aromatic carbocycles. The van der Waals surface area contributed by atoms with Crippen molar-refractivity contribution in [2.75, 3.05) is 6.61 Å². The first-order chi connectivity index (χ1) is 18.8. The summed E-state index contributed by atoms with van der Waals surface area (Å²) >= 11 is 0. The Morgan fingerprint density at radius 2 is 1.77 bits per heavy atom. The van der Waals surface area contributed by atoms with Crippen LogP contribution < -0.4 is 9.47 Å². The van der Waals surface area contributed by atoms with Gasteiger partial charge in [0.2, 0.25) is 11.8 Å². The number of carboxylic acid groups (broad SMARTS) is 1. The lowest BCUT2D eigenvalue weighted by Gasteiger charge is -2.18. The van der Waals surface area contributed by atoms with E-state index in [9.17, 15) is 27.1 Å². The van der Waals surface area contributed by atoms with Crippen LogP contribution in [-0.2, 0) is 24.0 Å². The molecule has 1 fully saturated rings. The molecule has 2 atom stereocenters. The molecule has 5 rings (SSSR count). The van der Waals surface area contributed by atoms with Crippen molar-refractivity contribution in [2.45, 2.75) is 57.4 Å². The summed E-state index contributed by atoms with van der Waals surface area (Å²) in [5.74, 6) is -1.02. The number of nitrogens with zero attached hydrogens (tertiary/aromatic N) is 2. The van der Waals surface area contributed by atoms with Crippen molar-refractivity contribution in [3.05, 3.63) is 70.5 Å². The lowest BCUT2D eigenvalue weighted by atomic mass is 9.97. The Labute approximate surface area is 226 Å². The predicted molar refractivity (Wildman–Crippen MR) is 133 cm³/mol. The van der Waals surface area contributed by atoms with Gasteiger partial charge in [0.15, 0.2) is 5.82 Å². The zero-order chi connectivity index (χ0) is 29.2. The number of fused-ring (bicyclic) bond motifs is 3. The number of ether oxygens (including phenoxy) is 2. The smallest absolute Gasteiger partial charge is 0.417 e. The molecule has 3 aromatic rings. The van der Waals surface area contributed by atoms with E-state index in [1.54, 1.807) is 26.1 Å². The summed E-state index contributed by atoms with van der Waals surface area (Å²) in [5, 5.41) is 16.6. The third-order valence-electron chi connectivity index (χ3n) is 6.74. The van der Waals surface area contributed by atoms with E-state index in [-0.39, 0.29) is 43.1 Å². The fourth-order valence-electron chi connectivity index (χ4n) is 4.64. The minimum Gasteiger partial charge on any atom is -0.483 e. The van der Waals surface area contributed by atoms with E-state index in [0.717, 1.165) is 36.7 Å². The van der Waals surface area contributed by atoms with Gasteiger partial charge >= 0.3 is 6.18 Å². The van der Waals surface area contributed by atoms with E-state index in [1.165, 1.54) is 5.56 Å². The van der Waals surface area contributed by atoms with Crippen LogP contribution in [-0.4, -0.2) is 38.9 Å². The summed E-state index contributed by atoms with van der Waals surface area (Å²) in [6, 6.07) is 4.02. The van der Waals surface area contributed by atoms with E-state index in [0.29, 0.717) is 17.9 Å². The van der Waals surface area contributed by atoms with E-state index >= 15 is 0 Å². The molecule has 1 saturated carbocycles. The number of benzene rings is 1. The second-order valence-corrected chi connectivity index (χ2v) is 10.3. The molecule has 2 heterocycles. The highest BCUT2D eigenvalue weighted by atomic mass is 19.4. The summed E-state index contributed by atoms with van der Waals surface area (Å²) in [7, 11) is 0. The van der Waals surface area contributed by atoms with Gasteiger partial charge in [-0.2, -0.15) is 13.2 Å². The monoisotopic (exact) mass is 566 g/mol.